The van der Waals surface area contributed by atoms with Gasteiger partial charge in [0.2, 0.25) is 0 Å². The van der Waals surface area contributed by atoms with Gasteiger partial charge in [0.05, 0.1) is 0 Å². The van der Waals surface area contributed by atoms with Crippen molar-refractivity contribution in [1.29, 1.82) is 0 Å². The number of carbonyl (C=O) groups excluding carboxylic acids is 1. The van der Waals surface area contributed by atoms with Crippen LogP contribution in [-0.4, -0.2) is 12.6 Å². The molecule has 3 nitrogen and oxygen atoms in total. The Hall–Kier alpha value is -0.560. The van der Waals surface area contributed by atoms with Gasteiger partial charge in [0, 0.05) is 0 Å². The minimum atomic E-state index is -1.66. The van der Waals surface area contributed by atoms with Crippen LogP contribution < -0.4 is 0 Å². The van der Waals surface area contributed by atoms with Crippen molar-refractivity contribution in [2.24, 2.45) is 0 Å². The Morgan fingerprint density at radius 3 is 2.63 bits per heavy atom. The van der Waals surface area contributed by atoms with Gasteiger partial charge in [0.15, 0.2) is 0 Å². The molecule has 0 aliphatic carbocycles. The van der Waals surface area contributed by atoms with Gasteiger partial charge in [-0.2, -0.15) is 0 Å². The summed E-state index contributed by atoms with van der Waals surface area (Å²) in [6.07, 6.45) is 1.99. The van der Waals surface area contributed by atoms with Crippen molar-refractivity contribution >= 4 is 36.3 Å². The standard InChI is InChI=1S/C14H18BrIO3/c1-3-4-10-18-14(19-12(2)17)11-16(15)13-8-6-5-7-9-13/h5-9,11H,3-4,10H2,1-2H3/b14-11-. The minimum absolute atomic E-state index is 0.326. The summed E-state index contributed by atoms with van der Waals surface area (Å²) in [7, 11) is 0. The molecule has 0 bridgehead atoms. The van der Waals surface area contributed by atoms with Crippen molar-refractivity contribution in [2.45, 2.75) is 26.7 Å². The summed E-state index contributed by atoms with van der Waals surface area (Å²) in [6, 6.07) is 10.1. The van der Waals surface area contributed by atoms with Crippen molar-refractivity contribution in [3.63, 3.8) is 0 Å². The molecule has 19 heavy (non-hydrogen) atoms. The fraction of sp³-hybridized carbons (Fsp3) is 0.357. The fourth-order valence-corrected chi connectivity index (χ4v) is 5.72. The van der Waals surface area contributed by atoms with Crippen LogP contribution in [0.5, 0.6) is 0 Å². The Morgan fingerprint density at radius 1 is 1.37 bits per heavy atom. The molecule has 0 heterocycles. The van der Waals surface area contributed by atoms with Gasteiger partial charge in [-0.3, -0.25) is 0 Å². The van der Waals surface area contributed by atoms with Gasteiger partial charge in [0.25, 0.3) is 0 Å². The molecule has 106 valence electrons. The number of esters is 1. The summed E-state index contributed by atoms with van der Waals surface area (Å²) < 4.78 is 13.8. The molecule has 0 atom stereocenters. The first kappa shape index (κ1) is 16.5. The predicted molar refractivity (Wildman–Crippen MR) is 88.8 cm³/mol. The van der Waals surface area contributed by atoms with Gasteiger partial charge in [-0.1, -0.05) is 0 Å². The van der Waals surface area contributed by atoms with Crippen LogP contribution in [0, 0.1) is 3.57 Å². The first-order chi connectivity index (χ1) is 9.13. The van der Waals surface area contributed by atoms with Crippen LogP contribution in [0.4, 0.5) is 0 Å². The average Bonchev–Trinajstić information content (AvgIpc) is 2.39. The van der Waals surface area contributed by atoms with Crippen LogP contribution in [0.15, 0.2) is 40.4 Å². The van der Waals surface area contributed by atoms with E-state index in [9.17, 15) is 4.79 Å². The van der Waals surface area contributed by atoms with E-state index in [1.165, 1.54) is 10.5 Å². The van der Waals surface area contributed by atoms with Gasteiger partial charge >= 0.3 is 128 Å². The molecular weight excluding hydrogens is 423 g/mol. The SMILES string of the molecule is CCCCO/C(=C/I(Br)c1ccccc1)OC(C)=O. The topological polar surface area (TPSA) is 35.5 Å². The van der Waals surface area contributed by atoms with Crippen molar-refractivity contribution in [3.8, 4) is 0 Å². The summed E-state index contributed by atoms with van der Waals surface area (Å²) >= 11 is 2.03. The second kappa shape index (κ2) is 9.36. The van der Waals surface area contributed by atoms with Gasteiger partial charge < -0.3 is 0 Å². The molecular formula is C14H18BrIO3. The first-order valence-corrected chi connectivity index (χ1v) is 13.2. The van der Waals surface area contributed by atoms with E-state index in [1.54, 1.807) is 0 Å². The summed E-state index contributed by atoms with van der Waals surface area (Å²) in [4.78, 5) is 11.1. The van der Waals surface area contributed by atoms with E-state index >= 15 is 0 Å². The molecule has 0 aliphatic heterocycles. The van der Waals surface area contributed by atoms with Crippen LogP contribution in [0.2, 0.25) is 0 Å². The molecule has 0 aliphatic rings. The van der Waals surface area contributed by atoms with Gasteiger partial charge in [0.1, 0.15) is 0 Å². The maximum atomic E-state index is 11.1. The number of benzene rings is 1. The molecule has 0 saturated heterocycles. The molecule has 0 spiro atoms. The Bertz CT molecular complexity index is 420. The second-order valence-corrected chi connectivity index (χ2v) is 11.5. The molecule has 0 N–H and O–H groups in total. The third-order valence-corrected chi connectivity index (χ3v) is 8.56. The monoisotopic (exact) mass is 440 g/mol. The van der Waals surface area contributed by atoms with E-state index < -0.39 is 17.6 Å². The number of hydrogen-bond acceptors (Lipinski definition) is 3. The number of carbonyl (C=O) groups is 1. The van der Waals surface area contributed by atoms with E-state index in [4.69, 9.17) is 9.47 Å². The Morgan fingerprint density at radius 2 is 2.05 bits per heavy atom. The number of ether oxygens (including phenoxy) is 2. The van der Waals surface area contributed by atoms with Crippen LogP contribution in [-0.2, 0) is 14.3 Å². The fourth-order valence-electron chi connectivity index (χ4n) is 1.22. The van der Waals surface area contributed by atoms with E-state index in [0.29, 0.717) is 12.6 Å². The quantitative estimate of drug-likeness (QED) is 0.263. The Kier molecular flexibility index (Phi) is 8.13. The Balaban J connectivity index is 2.71. The third kappa shape index (κ3) is 6.96. The molecule has 0 saturated carbocycles. The Labute approximate surface area is 127 Å². The third-order valence-electron chi connectivity index (χ3n) is 2.11. The molecule has 1 aromatic rings. The van der Waals surface area contributed by atoms with E-state index in [2.05, 4.69) is 31.7 Å². The van der Waals surface area contributed by atoms with Crippen molar-refractivity contribution in [2.75, 3.05) is 6.61 Å². The van der Waals surface area contributed by atoms with E-state index in [-0.39, 0.29) is 5.97 Å². The molecule has 1 rings (SSSR count). The summed E-state index contributed by atoms with van der Waals surface area (Å²) in [5.41, 5.74) is 0. The van der Waals surface area contributed by atoms with Crippen LogP contribution in [0.1, 0.15) is 26.7 Å². The zero-order chi connectivity index (χ0) is 14.1. The molecule has 0 unspecified atom stereocenters. The van der Waals surface area contributed by atoms with Crippen LogP contribution in [0.25, 0.3) is 0 Å². The molecule has 0 radical (unpaired) electrons. The first-order valence-electron chi connectivity index (χ1n) is 6.06. The number of rotatable bonds is 7. The average molecular weight is 441 g/mol. The van der Waals surface area contributed by atoms with E-state index in [1.807, 2.05) is 22.3 Å². The van der Waals surface area contributed by atoms with Crippen molar-refractivity contribution in [1.82, 2.24) is 0 Å². The maximum absolute atomic E-state index is 11.1. The van der Waals surface area contributed by atoms with Gasteiger partial charge in [-0.05, 0) is 0 Å². The summed E-state index contributed by atoms with van der Waals surface area (Å²) in [6.45, 7) is 4.04. The van der Waals surface area contributed by atoms with Gasteiger partial charge in [-0.25, -0.2) is 0 Å². The zero-order valence-electron chi connectivity index (χ0n) is 11.1. The summed E-state index contributed by atoms with van der Waals surface area (Å²) in [5, 5.41) is 0. The summed E-state index contributed by atoms with van der Waals surface area (Å²) in [5.74, 6) is -0.0283. The molecule has 5 heteroatoms. The second-order valence-electron chi connectivity index (χ2n) is 3.78. The number of unbranched alkanes of at least 4 members (excludes halogenated alkanes) is 1. The van der Waals surface area contributed by atoms with E-state index in [0.717, 1.165) is 12.8 Å². The van der Waals surface area contributed by atoms with Crippen molar-refractivity contribution < 1.29 is 14.3 Å². The van der Waals surface area contributed by atoms with Gasteiger partial charge in [-0.15, -0.1) is 0 Å². The van der Waals surface area contributed by atoms with Crippen LogP contribution in [0.3, 0.4) is 0 Å². The predicted octanol–water partition coefficient (Wildman–Crippen LogP) is 4.85. The molecule has 0 amide bonds. The van der Waals surface area contributed by atoms with Crippen molar-refractivity contribution in [3.05, 3.63) is 43.9 Å². The number of halogens is 2. The van der Waals surface area contributed by atoms with Crippen LogP contribution >= 0.6 is 30.3 Å². The number of hydrogen-bond donors (Lipinski definition) is 0. The molecule has 1 aromatic carbocycles. The normalized spacial score (nSPS) is 11.9. The zero-order valence-corrected chi connectivity index (χ0v) is 14.8. The molecule has 0 aromatic heterocycles. The molecule has 0 fully saturated rings.